The minimum Gasteiger partial charge on any atom is -0.390 e. The van der Waals surface area contributed by atoms with Gasteiger partial charge in [-0.3, -0.25) is 0 Å². The van der Waals surface area contributed by atoms with Crippen LogP contribution in [-0.4, -0.2) is 25.0 Å². The maximum Gasteiger partial charge on any atom is 0.333 e. The fraction of sp³-hybridized carbons (Fsp3) is 0.200. The zero-order valence-corrected chi connectivity index (χ0v) is 8.83. The number of carbonyl (C=O) groups is 2. The number of esters is 2. The van der Waals surface area contributed by atoms with Gasteiger partial charge in [0.05, 0.1) is 10.7 Å². The summed E-state index contributed by atoms with van der Waals surface area (Å²) in [6.45, 7) is -0.145. The van der Waals surface area contributed by atoms with Gasteiger partial charge in [-0.15, -0.1) is 0 Å². The Morgan fingerprint density at radius 2 is 1.88 bits per heavy atom. The molecule has 2 rings (SSSR count). The number of benzene rings is 1. The van der Waals surface area contributed by atoms with Crippen LogP contribution in [0.3, 0.4) is 0 Å². The van der Waals surface area contributed by atoms with Crippen LogP contribution in [0.25, 0.3) is 0 Å². The number of cyclic esters (lactones) is 2. The Kier molecular flexibility index (Phi) is 2.78. The zero-order chi connectivity index (χ0) is 11.7. The SMILES string of the molecule is O=C1CN(c2ccc(F)cc2Cl)CC(=O)O1. The molecule has 4 nitrogen and oxygen atoms in total. The summed E-state index contributed by atoms with van der Waals surface area (Å²) < 4.78 is 17.2. The number of halogens is 2. The summed E-state index contributed by atoms with van der Waals surface area (Å²) in [6.07, 6.45) is 0. The van der Waals surface area contributed by atoms with E-state index in [-0.39, 0.29) is 18.1 Å². The predicted octanol–water partition coefficient (Wildman–Crippen LogP) is 1.37. The highest BCUT2D eigenvalue weighted by Crippen LogP contribution is 2.27. The second-order valence-corrected chi connectivity index (χ2v) is 3.71. The highest BCUT2D eigenvalue weighted by Gasteiger charge is 2.26. The van der Waals surface area contributed by atoms with Crippen molar-refractivity contribution in [2.75, 3.05) is 18.0 Å². The van der Waals surface area contributed by atoms with E-state index >= 15 is 0 Å². The molecule has 1 aromatic carbocycles. The smallest absolute Gasteiger partial charge is 0.333 e. The van der Waals surface area contributed by atoms with Crippen LogP contribution in [0.15, 0.2) is 18.2 Å². The van der Waals surface area contributed by atoms with Crippen LogP contribution in [0.4, 0.5) is 10.1 Å². The number of hydrogen-bond donors (Lipinski definition) is 0. The van der Waals surface area contributed by atoms with Gasteiger partial charge < -0.3 is 9.64 Å². The molecule has 0 aliphatic carbocycles. The molecule has 1 heterocycles. The number of carbonyl (C=O) groups excluding carboxylic acids is 2. The van der Waals surface area contributed by atoms with Crippen molar-refractivity contribution in [1.29, 1.82) is 0 Å². The Hall–Kier alpha value is -1.62. The third kappa shape index (κ3) is 2.14. The number of anilines is 1. The first-order valence-corrected chi connectivity index (χ1v) is 4.87. The quantitative estimate of drug-likeness (QED) is 0.552. The molecule has 84 valence electrons. The molecule has 0 radical (unpaired) electrons. The van der Waals surface area contributed by atoms with Crippen molar-refractivity contribution < 1.29 is 18.7 Å². The molecular weight excluding hydrogens is 237 g/mol. The highest BCUT2D eigenvalue weighted by atomic mass is 35.5. The largest absolute Gasteiger partial charge is 0.390 e. The van der Waals surface area contributed by atoms with Crippen molar-refractivity contribution in [3.8, 4) is 0 Å². The Labute approximate surface area is 95.6 Å². The first-order valence-electron chi connectivity index (χ1n) is 4.50. The molecule has 0 amide bonds. The van der Waals surface area contributed by atoms with Crippen molar-refractivity contribution in [2.24, 2.45) is 0 Å². The van der Waals surface area contributed by atoms with Crippen LogP contribution < -0.4 is 4.90 Å². The molecule has 0 saturated carbocycles. The van der Waals surface area contributed by atoms with Crippen LogP contribution in [0.1, 0.15) is 0 Å². The number of morpholine rings is 1. The van der Waals surface area contributed by atoms with Crippen molar-refractivity contribution in [3.05, 3.63) is 29.0 Å². The molecule has 1 aliphatic rings. The van der Waals surface area contributed by atoms with E-state index in [0.29, 0.717) is 5.69 Å². The highest BCUT2D eigenvalue weighted by molar-refractivity contribution is 6.33. The number of hydrogen-bond acceptors (Lipinski definition) is 4. The van der Waals surface area contributed by atoms with Gasteiger partial charge >= 0.3 is 11.9 Å². The van der Waals surface area contributed by atoms with Gasteiger partial charge in [0, 0.05) is 0 Å². The summed E-state index contributed by atoms with van der Waals surface area (Å²) >= 11 is 5.81. The molecule has 1 fully saturated rings. The second-order valence-electron chi connectivity index (χ2n) is 3.30. The number of ether oxygens (including phenoxy) is 1. The van der Waals surface area contributed by atoms with Gasteiger partial charge in [-0.05, 0) is 18.2 Å². The van der Waals surface area contributed by atoms with Gasteiger partial charge in [0.1, 0.15) is 18.9 Å². The van der Waals surface area contributed by atoms with Gasteiger partial charge in [-0.1, -0.05) is 11.6 Å². The summed E-state index contributed by atoms with van der Waals surface area (Å²) in [4.78, 5) is 23.5. The summed E-state index contributed by atoms with van der Waals surface area (Å²) in [6, 6.07) is 3.76. The standard InChI is InChI=1S/C10H7ClFNO3/c11-7-3-6(12)1-2-8(7)13-4-9(14)16-10(15)5-13/h1-3H,4-5H2. The van der Waals surface area contributed by atoms with Gasteiger partial charge in [0.2, 0.25) is 0 Å². The predicted molar refractivity (Wildman–Crippen MR) is 54.7 cm³/mol. The van der Waals surface area contributed by atoms with Crippen LogP contribution >= 0.6 is 11.6 Å². The van der Waals surface area contributed by atoms with Gasteiger partial charge in [0.15, 0.2) is 0 Å². The van der Waals surface area contributed by atoms with Crippen molar-refractivity contribution in [2.45, 2.75) is 0 Å². The van der Waals surface area contributed by atoms with E-state index < -0.39 is 17.8 Å². The summed E-state index contributed by atoms with van der Waals surface area (Å²) in [5, 5.41) is 0.155. The van der Waals surface area contributed by atoms with E-state index in [4.69, 9.17) is 11.6 Å². The second kappa shape index (κ2) is 4.09. The molecule has 0 spiro atoms. The average molecular weight is 244 g/mol. The lowest BCUT2D eigenvalue weighted by molar-refractivity contribution is -0.160. The van der Waals surface area contributed by atoms with E-state index in [1.807, 2.05) is 0 Å². The third-order valence-electron chi connectivity index (χ3n) is 2.12. The Bertz CT molecular complexity index is 447. The Balaban J connectivity index is 2.29. The van der Waals surface area contributed by atoms with E-state index in [1.54, 1.807) is 0 Å². The molecular formula is C10H7ClFNO3. The number of nitrogens with zero attached hydrogens (tertiary/aromatic N) is 1. The molecule has 6 heteroatoms. The fourth-order valence-corrected chi connectivity index (χ4v) is 1.75. The maximum absolute atomic E-state index is 12.8. The number of rotatable bonds is 1. The maximum atomic E-state index is 12.8. The van der Waals surface area contributed by atoms with Crippen molar-refractivity contribution in [3.63, 3.8) is 0 Å². The molecule has 0 N–H and O–H groups in total. The minimum absolute atomic E-state index is 0.0723. The fourth-order valence-electron chi connectivity index (χ4n) is 1.47. The molecule has 0 atom stereocenters. The molecule has 1 saturated heterocycles. The van der Waals surface area contributed by atoms with Crippen LogP contribution in [-0.2, 0) is 14.3 Å². The van der Waals surface area contributed by atoms with Crippen molar-refractivity contribution >= 4 is 29.2 Å². The molecule has 1 aliphatic heterocycles. The minimum atomic E-state index is -0.642. The topological polar surface area (TPSA) is 46.6 Å². The lowest BCUT2D eigenvalue weighted by Gasteiger charge is -2.26. The monoisotopic (exact) mass is 243 g/mol. The summed E-state index contributed by atoms with van der Waals surface area (Å²) in [5.41, 5.74) is 0.438. The first kappa shape index (κ1) is 10.9. The molecule has 0 unspecified atom stereocenters. The van der Waals surface area contributed by atoms with Gasteiger partial charge in [0.25, 0.3) is 0 Å². The molecule has 16 heavy (non-hydrogen) atoms. The van der Waals surface area contributed by atoms with Crippen molar-refractivity contribution in [1.82, 2.24) is 0 Å². The van der Waals surface area contributed by atoms with E-state index in [9.17, 15) is 14.0 Å². The molecule has 1 aromatic rings. The van der Waals surface area contributed by atoms with E-state index in [2.05, 4.69) is 4.74 Å². The van der Waals surface area contributed by atoms with Crippen LogP contribution in [0, 0.1) is 5.82 Å². The van der Waals surface area contributed by atoms with E-state index in [1.165, 1.54) is 17.0 Å². The molecule has 0 bridgehead atoms. The molecule has 0 aromatic heterocycles. The third-order valence-corrected chi connectivity index (χ3v) is 2.42. The Morgan fingerprint density at radius 3 is 2.44 bits per heavy atom. The summed E-state index contributed by atoms with van der Waals surface area (Å²) in [7, 11) is 0. The van der Waals surface area contributed by atoms with Crippen LogP contribution in [0.2, 0.25) is 5.02 Å². The normalized spacial score (nSPS) is 16.2. The average Bonchev–Trinajstić information content (AvgIpc) is 2.15. The Morgan fingerprint density at radius 1 is 1.25 bits per heavy atom. The lowest BCUT2D eigenvalue weighted by Crippen LogP contribution is -2.43. The zero-order valence-electron chi connectivity index (χ0n) is 8.07. The van der Waals surface area contributed by atoms with Gasteiger partial charge in [-0.2, -0.15) is 0 Å². The van der Waals surface area contributed by atoms with E-state index in [0.717, 1.165) is 6.07 Å². The van der Waals surface area contributed by atoms with Gasteiger partial charge in [-0.25, -0.2) is 14.0 Å². The first-order chi connectivity index (χ1) is 7.56. The van der Waals surface area contributed by atoms with Crippen LogP contribution in [0.5, 0.6) is 0 Å². The lowest BCUT2D eigenvalue weighted by atomic mass is 10.2. The summed E-state index contributed by atoms with van der Waals surface area (Å²) in [5.74, 6) is -1.76.